The maximum absolute atomic E-state index is 12.0. The molecular weight excluding hydrogens is 276 g/mol. The van der Waals surface area contributed by atoms with E-state index in [-0.39, 0.29) is 12.5 Å². The molecule has 116 valence electrons. The predicted molar refractivity (Wildman–Crippen MR) is 89.3 cm³/mol. The van der Waals surface area contributed by atoms with Crippen molar-refractivity contribution in [3.8, 4) is 11.5 Å². The topological polar surface area (TPSA) is 50.4 Å². The standard InChI is InChI=1S/C18H22N2O2/c1-14(2)12-19-13-18(21)20-16-10-6-7-11-17(16)22-15-8-4-3-5-9-15/h3-11,14,19H,12-13H2,1-2H3,(H,20,21). The van der Waals surface area contributed by atoms with Gasteiger partial charge in [0, 0.05) is 0 Å². The molecule has 0 radical (unpaired) electrons. The van der Waals surface area contributed by atoms with Crippen molar-refractivity contribution in [3.63, 3.8) is 0 Å². The van der Waals surface area contributed by atoms with Gasteiger partial charge in [0.25, 0.3) is 0 Å². The highest BCUT2D eigenvalue weighted by molar-refractivity contribution is 5.93. The van der Waals surface area contributed by atoms with Gasteiger partial charge in [-0.05, 0) is 36.7 Å². The molecule has 0 fully saturated rings. The summed E-state index contributed by atoms with van der Waals surface area (Å²) in [6, 6.07) is 16.9. The fourth-order valence-corrected chi connectivity index (χ4v) is 1.94. The number of anilines is 1. The van der Waals surface area contributed by atoms with Gasteiger partial charge in [-0.1, -0.05) is 44.2 Å². The molecule has 0 heterocycles. The van der Waals surface area contributed by atoms with E-state index >= 15 is 0 Å². The van der Waals surface area contributed by atoms with Gasteiger partial charge in [0.1, 0.15) is 5.75 Å². The number of para-hydroxylation sites is 3. The van der Waals surface area contributed by atoms with Crippen LogP contribution < -0.4 is 15.4 Å². The third-order valence-corrected chi connectivity index (χ3v) is 2.97. The van der Waals surface area contributed by atoms with Crippen molar-refractivity contribution in [2.75, 3.05) is 18.4 Å². The Morgan fingerprint density at radius 3 is 2.45 bits per heavy atom. The van der Waals surface area contributed by atoms with E-state index in [0.29, 0.717) is 17.4 Å². The summed E-state index contributed by atoms with van der Waals surface area (Å²) >= 11 is 0. The molecule has 0 saturated heterocycles. The average Bonchev–Trinajstić information content (AvgIpc) is 2.50. The molecule has 0 aliphatic rings. The summed E-state index contributed by atoms with van der Waals surface area (Å²) in [4.78, 5) is 12.0. The monoisotopic (exact) mass is 298 g/mol. The van der Waals surface area contributed by atoms with Gasteiger partial charge in [0.05, 0.1) is 12.2 Å². The van der Waals surface area contributed by atoms with E-state index in [4.69, 9.17) is 4.74 Å². The van der Waals surface area contributed by atoms with Gasteiger partial charge >= 0.3 is 0 Å². The van der Waals surface area contributed by atoms with E-state index in [2.05, 4.69) is 24.5 Å². The van der Waals surface area contributed by atoms with Gasteiger partial charge in [0.15, 0.2) is 5.75 Å². The number of carbonyl (C=O) groups is 1. The number of rotatable bonds is 7. The Balaban J connectivity index is 1.98. The summed E-state index contributed by atoms with van der Waals surface area (Å²) in [5.41, 5.74) is 0.669. The van der Waals surface area contributed by atoms with Gasteiger partial charge in [0.2, 0.25) is 5.91 Å². The minimum absolute atomic E-state index is 0.0789. The average molecular weight is 298 g/mol. The largest absolute Gasteiger partial charge is 0.455 e. The van der Waals surface area contributed by atoms with Crippen LogP contribution >= 0.6 is 0 Å². The molecule has 4 nitrogen and oxygen atoms in total. The van der Waals surface area contributed by atoms with Crippen molar-refractivity contribution in [1.82, 2.24) is 5.32 Å². The maximum Gasteiger partial charge on any atom is 0.238 e. The number of amides is 1. The molecule has 0 unspecified atom stereocenters. The second kappa shape index (κ2) is 8.20. The van der Waals surface area contributed by atoms with Crippen molar-refractivity contribution in [2.24, 2.45) is 5.92 Å². The minimum atomic E-state index is -0.0789. The fraction of sp³-hybridized carbons (Fsp3) is 0.278. The van der Waals surface area contributed by atoms with Crippen LogP contribution in [0.3, 0.4) is 0 Å². The second-order valence-electron chi connectivity index (χ2n) is 5.48. The predicted octanol–water partition coefficient (Wildman–Crippen LogP) is 3.66. The summed E-state index contributed by atoms with van der Waals surface area (Å²) in [5.74, 6) is 1.80. The first-order valence-electron chi connectivity index (χ1n) is 7.47. The Morgan fingerprint density at radius 1 is 1.05 bits per heavy atom. The molecule has 0 atom stereocenters. The van der Waals surface area contributed by atoms with Crippen LogP contribution in [0.15, 0.2) is 54.6 Å². The van der Waals surface area contributed by atoms with E-state index in [9.17, 15) is 4.79 Å². The Morgan fingerprint density at radius 2 is 1.73 bits per heavy atom. The van der Waals surface area contributed by atoms with Crippen LogP contribution in [0.1, 0.15) is 13.8 Å². The summed E-state index contributed by atoms with van der Waals surface area (Å²) in [5, 5.41) is 6.00. The molecule has 2 aromatic rings. The lowest BCUT2D eigenvalue weighted by Crippen LogP contribution is -2.30. The van der Waals surface area contributed by atoms with Gasteiger partial charge < -0.3 is 15.4 Å². The molecule has 2 aromatic carbocycles. The smallest absolute Gasteiger partial charge is 0.238 e. The molecular formula is C18H22N2O2. The highest BCUT2D eigenvalue weighted by atomic mass is 16.5. The number of ether oxygens (including phenoxy) is 1. The van der Waals surface area contributed by atoms with Crippen molar-refractivity contribution < 1.29 is 9.53 Å². The van der Waals surface area contributed by atoms with E-state index in [1.165, 1.54) is 0 Å². The molecule has 0 aliphatic heterocycles. The zero-order chi connectivity index (χ0) is 15.8. The molecule has 0 aliphatic carbocycles. The van der Waals surface area contributed by atoms with Gasteiger partial charge in [-0.2, -0.15) is 0 Å². The van der Waals surface area contributed by atoms with Crippen LogP contribution in [0.4, 0.5) is 5.69 Å². The fourth-order valence-electron chi connectivity index (χ4n) is 1.94. The van der Waals surface area contributed by atoms with Crippen LogP contribution in [-0.2, 0) is 4.79 Å². The molecule has 22 heavy (non-hydrogen) atoms. The molecule has 1 amide bonds. The zero-order valence-electron chi connectivity index (χ0n) is 13.0. The Labute approximate surface area is 131 Å². The van der Waals surface area contributed by atoms with E-state index in [1.54, 1.807) is 0 Å². The molecule has 2 rings (SSSR count). The zero-order valence-corrected chi connectivity index (χ0v) is 13.0. The van der Waals surface area contributed by atoms with Crippen molar-refractivity contribution in [3.05, 3.63) is 54.6 Å². The lowest BCUT2D eigenvalue weighted by Gasteiger charge is -2.13. The van der Waals surface area contributed by atoms with Gasteiger partial charge in [-0.15, -0.1) is 0 Å². The third kappa shape index (κ3) is 5.22. The molecule has 0 aromatic heterocycles. The second-order valence-corrected chi connectivity index (χ2v) is 5.48. The van der Waals surface area contributed by atoms with E-state index in [1.807, 2.05) is 54.6 Å². The minimum Gasteiger partial charge on any atom is -0.455 e. The maximum atomic E-state index is 12.0. The summed E-state index contributed by atoms with van der Waals surface area (Å²) in [7, 11) is 0. The lowest BCUT2D eigenvalue weighted by atomic mass is 10.2. The third-order valence-electron chi connectivity index (χ3n) is 2.97. The molecule has 0 spiro atoms. The van der Waals surface area contributed by atoms with Crippen molar-refractivity contribution >= 4 is 11.6 Å². The van der Waals surface area contributed by atoms with Crippen LogP contribution in [0.2, 0.25) is 0 Å². The normalized spacial score (nSPS) is 10.5. The summed E-state index contributed by atoms with van der Waals surface area (Å²) in [6.45, 7) is 5.31. The molecule has 0 bridgehead atoms. The van der Waals surface area contributed by atoms with E-state index in [0.717, 1.165) is 12.3 Å². The first kappa shape index (κ1) is 16.0. The Kier molecular flexibility index (Phi) is 5.98. The molecule has 4 heteroatoms. The first-order valence-corrected chi connectivity index (χ1v) is 7.47. The van der Waals surface area contributed by atoms with Gasteiger partial charge in [-0.3, -0.25) is 4.79 Å². The molecule has 0 saturated carbocycles. The quantitative estimate of drug-likeness (QED) is 0.820. The number of carbonyl (C=O) groups excluding carboxylic acids is 1. The van der Waals surface area contributed by atoms with Crippen molar-refractivity contribution in [2.45, 2.75) is 13.8 Å². The van der Waals surface area contributed by atoms with Crippen LogP contribution in [0, 0.1) is 5.92 Å². The van der Waals surface area contributed by atoms with Gasteiger partial charge in [-0.25, -0.2) is 0 Å². The SMILES string of the molecule is CC(C)CNCC(=O)Nc1ccccc1Oc1ccccc1. The highest BCUT2D eigenvalue weighted by Crippen LogP contribution is 2.28. The summed E-state index contributed by atoms with van der Waals surface area (Å²) in [6.07, 6.45) is 0. The number of benzene rings is 2. The Bertz CT molecular complexity index is 597. The van der Waals surface area contributed by atoms with Crippen LogP contribution in [0.25, 0.3) is 0 Å². The number of hydrogen-bond donors (Lipinski definition) is 2. The molecule has 2 N–H and O–H groups in total. The number of nitrogens with one attached hydrogen (secondary N) is 2. The summed E-state index contributed by atoms with van der Waals surface area (Å²) < 4.78 is 5.82. The van der Waals surface area contributed by atoms with Crippen molar-refractivity contribution in [1.29, 1.82) is 0 Å². The first-order chi connectivity index (χ1) is 10.6. The van der Waals surface area contributed by atoms with E-state index < -0.39 is 0 Å². The van der Waals surface area contributed by atoms with Crippen LogP contribution in [-0.4, -0.2) is 19.0 Å². The lowest BCUT2D eigenvalue weighted by molar-refractivity contribution is -0.115. The highest BCUT2D eigenvalue weighted by Gasteiger charge is 2.08. The number of hydrogen-bond acceptors (Lipinski definition) is 3. The Hall–Kier alpha value is -2.33. The van der Waals surface area contributed by atoms with Crippen LogP contribution in [0.5, 0.6) is 11.5 Å².